The number of hydrogen-bond donors (Lipinski definition) is 1. The molecule has 0 heterocycles. The maximum absolute atomic E-state index is 12.6. The van der Waals surface area contributed by atoms with Crippen molar-refractivity contribution in [2.75, 3.05) is 12.8 Å². The van der Waals surface area contributed by atoms with Gasteiger partial charge in [-0.15, -0.1) is 0 Å². The molecular formula is C14H21NO2S. The van der Waals surface area contributed by atoms with Crippen molar-refractivity contribution in [2.24, 2.45) is 0 Å². The lowest BCUT2D eigenvalue weighted by molar-refractivity contribution is 0.0725. The van der Waals surface area contributed by atoms with Gasteiger partial charge < -0.3 is 10.5 Å². The third kappa shape index (κ3) is 2.93. The first-order valence-electron chi connectivity index (χ1n) is 6.41. The summed E-state index contributed by atoms with van der Waals surface area (Å²) in [5.41, 5.74) is 7.68. The highest BCUT2D eigenvalue weighted by molar-refractivity contribution is 7.85. The van der Waals surface area contributed by atoms with Crippen molar-refractivity contribution in [3.05, 3.63) is 23.8 Å². The number of anilines is 1. The van der Waals surface area contributed by atoms with Crippen LogP contribution in [-0.4, -0.2) is 22.7 Å². The van der Waals surface area contributed by atoms with Gasteiger partial charge in [0.2, 0.25) is 0 Å². The molecule has 0 saturated heterocycles. The number of aryl methyl sites for hydroxylation is 1. The molecule has 0 bridgehead atoms. The molecule has 18 heavy (non-hydrogen) atoms. The van der Waals surface area contributed by atoms with Crippen molar-refractivity contribution >= 4 is 16.5 Å². The summed E-state index contributed by atoms with van der Waals surface area (Å²) in [6.07, 6.45) is 4.28. The molecule has 0 aromatic heterocycles. The number of nitrogen functional groups attached to an aromatic ring is 1. The van der Waals surface area contributed by atoms with E-state index in [1.165, 1.54) is 0 Å². The highest BCUT2D eigenvalue weighted by atomic mass is 32.2. The maximum Gasteiger partial charge on any atom is 0.0622 e. The average molecular weight is 267 g/mol. The van der Waals surface area contributed by atoms with Crippen molar-refractivity contribution in [1.82, 2.24) is 0 Å². The van der Waals surface area contributed by atoms with Gasteiger partial charge >= 0.3 is 0 Å². The summed E-state index contributed by atoms with van der Waals surface area (Å²) in [4.78, 5) is 0.789. The minimum Gasteiger partial charge on any atom is -0.398 e. The average Bonchev–Trinajstić information content (AvgIpc) is 2.41. The van der Waals surface area contributed by atoms with Crippen LogP contribution in [0.3, 0.4) is 0 Å². The predicted molar refractivity (Wildman–Crippen MR) is 75.1 cm³/mol. The Morgan fingerprint density at radius 2 is 2.17 bits per heavy atom. The van der Waals surface area contributed by atoms with Crippen molar-refractivity contribution in [3.8, 4) is 0 Å². The molecule has 2 rings (SSSR count). The van der Waals surface area contributed by atoms with E-state index >= 15 is 0 Å². The smallest absolute Gasteiger partial charge is 0.0622 e. The van der Waals surface area contributed by atoms with E-state index in [2.05, 4.69) is 0 Å². The molecule has 100 valence electrons. The summed E-state index contributed by atoms with van der Waals surface area (Å²) in [7, 11) is 0.714. The Hall–Kier alpha value is -0.870. The number of hydrogen-bond acceptors (Lipinski definition) is 3. The molecule has 1 aliphatic carbocycles. The molecule has 3 nitrogen and oxygen atoms in total. The fourth-order valence-corrected chi connectivity index (χ4v) is 4.24. The van der Waals surface area contributed by atoms with Gasteiger partial charge in [-0.2, -0.15) is 0 Å². The summed E-state index contributed by atoms with van der Waals surface area (Å²) in [6.45, 7) is 2.00. The van der Waals surface area contributed by atoms with Gasteiger partial charge in [0.1, 0.15) is 0 Å². The maximum atomic E-state index is 12.6. The van der Waals surface area contributed by atoms with Crippen LogP contribution in [0.1, 0.15) is 31.2 Å². The summed E-state index contributed by atoms with van der Waals surface area (Å²) in [5, 5.41) is 0.174. The van der Waals surface area contributed by atoms with Gasteiger partial charge in [-0.3, -0.25) is 4.21 Å². The normalized spacial score (nSPS) is 25.9. The minimum atomic E-state index is -1.02. The lowest BCUT2D eigenvalue weighted by Crippen LogP contribution is -2.29. The van der Waals surface area contributed by atoms with E-state index in [1.54, 1.807) is 7.11 Å². The predicted octanol–water partition coefficient (Wildman–Crippen LogP) is 2.64. The summed E-state index contributed by atoms with van der Waals surface area (Å²) < 4.78 is 18.0. The van der Waals surface area contributed by atoms with Gasteiger partial charge in [0.05, 0.1) is 21.8 Å². The second-order valence-corrected chi connectivity index (χ2v) is 6.69. The summed E-state index contributed by atoms with van der Waals surface area (Å²) in [5.74, 6) is 0. The van der Waals surface area contributed by atoms with Gasteiger partial charge in [-0.05, 0) is 50.3 Å². The van der Waals surface area contributed by atoms with E-state index in [1.807, 2.05) is 25.1 Å². The molecule has 0 amide bonds. The van der Waals surface area contributed by atoms with Crippen LogP contribution in [0.4, 0.5) is 5.69 Å². The molecule has 1 aromatic rings. The fraction of sp³-hybridized carbons (Fsp3) is 0.571. The quantitative estimate of drug-likeness (QED) is 0.857. The second kappa shape index (κ2) is 5.85. The Labute approximate surface area is 111 Å². The zero-order chi connectivity index (χ0) is 13.1. The van der Waals surface area contributed by atoms with Gasteiger partial charge in [0, 0.05) is 18.0 Å². The van der Waals surface area contributed by atoms with E-state index < -0.39 is 10.8 Å². The lowest BCUT2D eigenvalue weighted by Gasteiger charge is -2.27. The van der Waals surface area contributed by atoms with Crippen LogP contribution in [0.5, 0.6) is 0 Å². The molecule has 4 heteroatoms. The third-order valence-electron chi connectivity index (χ3n) is 3.60. The molecule has 0 spiro atoms. The summed E-state index contributed by atoms with van der Waals surface area (Å²) >= 11 is 0. The van der Waals surface area contributed by atoms with E-state index in [9.17, 15) is 4.21 Å². The largest absolute Gasteiger partial charge is 0.398 e. The second-order valence-electron chi connectivity index (χ2n) is 4.99. The Morgan fingerprint density at radius 3 is 2.89 bits per heavy atom. The van der Waals surface area contributed by atoms with Gasteiger partial charge in [0.15, 0.2) is 0 Å². The van der Waals surface area contributed by atoms with Crippen LogP contribution in [0.15, 0.2) is 23.1 Å². The molecule has 1 saturated carbocycles. The zero-order valence-electron chi connectivity index (χ0n) is 11.0. The molecule has 1 aliphatic rings. The van der Waals surface area contributed by atoms with E-state index in [-0.39, 0.29) is 11.4 Å². The van der Waals surface area contributed by atoms with Crippen molar-refractivity contribution in [3.63, 3.8) is 0 Å². The van der Waals surface area contributed by atoms with Crippen LogP contribution in [0.2, 0.25) is 0 Å². The molecule has 3 unspecified atom stereocenters. The Balaban J connectivity index is 2.17. The number of rotatable bonds is 3. The van der Waals surface area contributed by atoms with Crippen LogP contribution in [-0.2, 0) is 15.5 Å². The lowest BCUT2D eigenvalue weighted by atomic mass is 9.97. The molecule has 2 N–H and O–H groups in total. The SMILES string of the molecule is COC1CCCC(S(=O)c2cc(C)ccc2N)C1. The Morgan fingerprint density at radius 1 is 1.39 bits per heavy atom. The van der Waals surface area contributed by atoms with Gasteiger partial charge in [0.25, 0.3) is 0 Å². The minimum absolute atomic E-state index is 0.174. The number of methoxy groups -OCH3 is 1. The number of benzene rings is 1. The number of nitrogens with two attached hydrogens (primary N) is 1. The molecule has 0 aliphatic heterocycles. The first kappa shape index (κ1) is 13.6. The van der Waals surface area contributed by atoms with E-state index in [0.717, 1.165) is 36.1 Å². The first-order chi connectivity index (χ1) is 8.61. The highest BCUT2D eigenvalue weighted by Crippen LogP contribution is 2.30. The van der Waals surface area contributed by atoms with Crippen LogP contribution < -0.4 is 5.73 Å². The Bertz CT molecular complexity index is 447. The van der Waals surface area contributed by atoms with E-state index in [0.29, 0.717) is 5.69 Å². The molecule has 3 atom stereocenters. The first-order valence-corrected chi connectivity index (χ1v) is 7.62. The van der Waals surface area contributed by atoms with Crippen molar-refractivity contribution < 1.29 is 8.95 Å². The van der Waals surface area contributed by atoms with Crippen LogP contribution >= 0.6 is 0 Å². The monoisotopic (exact) mass is 267 g/mol. The van der Waals surface area contributed by atoms with Crippen molar-refractivity contribution in [2.45, 2.75) is 48.9 Å². The van der Waals surface area contributed by atoms with Gasteiger partial charge in [-0.25, -0.2) is 0 Å². The molecular weight excluding hydrogens is 246 g/mol. The van der Waals surface area contributed by atoms with Gasteiger partial charge in [-0.1, -0.05) is 6.07 Å². The fourth-order valence-electron chi connectivity index (χ4n) is 2.51. The zero-order valence-corrected chi connectivity index (χ0v) is 11.8. The standard InChI is InChI=1S/C14H21NO2S/c1-10-6-7-13(15)14(8-10)18(16)12-5-3-4-11(9-12)17-2/h6-8,11-12H,3-5,9,15H2,1-2H3. The van der Waals surface area contributed by atoms with E-state index in [4.69, 9.17) is 10.5 Å². The topological polar surface area (TPSA) is 52.3 Å². The summed E-state index contributed by atoms with van der Waals surface area (Å²) in [6, 6.07) is 5.75. The third-order valence-corrected chi connectivity index (χ3v) is 5.42. The highest BCUT2D eigenvalue weighted by Gasteiger charge is 2.27. The Kier molecular flexibility index (Phi) is 4.40. The van der Waals surface area contributed by atoms with Crippen LogP contribution in [0.25, 0.3) is 0 Å². The molecule has 1 fully saturated rings. The van der Waals surface area contributed by atoms with Crippen molar-refractivity contribution in [1.29, 1.82) is 0 Å². The molecule has 1 aromatic carbocycles. The molecule has 0 radical (unpaired) electrons. The van der Waals surface area contributed by atoms with Crippen LogP contribution in [0, 0.1) is 6.92 Å². The number of ether oxygens (including phenoxy) is 1.